The maximum Gasteiger partial charge on any atom is 0.178 e. The molecule has 0 amide bonds. The van der Waals surface area contributed by atoms with E-state index in [0.29, 0.717) is 11.3 Å². The SMILES string of the molecule is [CH2]CCS(=O)(=O)c1cc(CCCCCCCC)ccc1CCCC. The van der Waals surface area contributed by atoms with E-state index in [1.807, 2.05) is 12.1 Å². The number of benzene rings is 1. The maximum absolute atomic E-state index is 12.6. The van der Waals surface area contributed by atoms with E-state index in [0.717, 1.165) is 43.2 Å². The minimum Gasteiger partial charge on any atom is -0.224 e. The highest BCUT2D eigenvalue weighted by Crippen LogP contribution is 2.23. The van der Waals surface area contributed by atoms with Gasteiger partial charge < -0.3 is 0 Å². The summed E-state index contributed by atoms with van der Waals surface area (Å²) in [7, 11) is -3.20. The molecule has 2 nitrogen and oxygen atoms in total. The van der Waals surface area contributed by atoms with Gasteiger partial charge in [-0.15, -0.1) is 0 Å². The number of rotatable bonds is 13. The Bertz CT molecular complexity index is 561. The molecule has 0 fully saturated rings. The summed E-state index contributed by atoms with van der Waals surface area (Å²) in [5.41, 5.74) is 2.14. The molecule has 0 saturated heterocycles. The Morgan fingerprint density at radius 2 is 1.54 bits per heavy atom. The van der Waals surface area contributed by atoms with Gasteiger partial charge in [0.1, 0.15) is 0 Å². The Morgan fingerprint density at radius 1 is 0.875 bits per heavy atom. The zero-order chi connectivity index (χ0) is 17.8. The first-order valence-corrected chi connectivity index (χ1v) is 11.3. The summed E-state index contributed by atoms with van der Waals surface area (Å²) in [6.07, 6.45) is 11.9. The van der Waals surface area contributed by atoms with Gasteiger partial charge in [-0.2, -0.15) is 0 Å². The third-order valence-corrected chi connectivity index (χ3v) is 6.37. The van der Waals surface area contributed by atoms with Crippen molar-refractivity contribution in [2.45, 2.75) is 89.4 Å². The Balaban J connectivity index is 2.77. The van der Waals surface area contributed by atoms with Crippen LogP contribution in [0.25, 0.3) is 0 Å². The summed E-state index contributed by atoms with van der Waals surface area (Å²) in [6.45, 7) is 8.08. The van der Waals surface area contributed by atoms with Crippen LogP contribution in [0, 0.1) is 6.92 Å². The molecule has 0 aliphatic rings. The van der Waals surface area contributed by atoms with Crippen LogP contribution in [-0.4, -0.2) is 14.2 Å². The topological polar surface area (TPSA) is 34.1 Å². The molecule has 1 rings (SSSR count). The fourth-order valence-corrected chi connectivity index (χ4v) is 4.53. The smallest absolute Gasteiger partial charge is 0.178 e. The van der Waals surface area contributed by atoms with Crippen molar-refractivity contribution in [3.8, 4) is 0 Å². The first-order valence-electron chi connectivity index (χ1n) is 9.69. The Kier molecular flexibility index (Phi) is 10.3. The van der Waals surface area contributed by atoms with Crippen LogP contribution in [-0.2, 0) is 22.7 Å². The fourth-order valence-electron chi connectivity index (χ4n) is 3.03. The second-order valence-corrected chi connectivity index (χ2v) is 8.81. The molecule has 1 aromatic carbocycles. The van der Waals surface area contributed by atoms with Crippen LogP contribution in [0.15, 0.2) is 23.1 Å². The van der Waals surface area contributed by atoms with Gasteiger partial charge in [-0.3, -0.25) is 0 Å². The number of sulfone groups is 1. The van der Waals surface area contributed by atoms with E-state index in [1.54, 1.807) is 0 Å². The lowest BCUT2D eigenvalue weighted by Crippen LogP contribution is -2.10. The van der Waals surface area contributed by atoms with E-state index in [4.69, 9.17) is 0 Å². The summed E-state index contributed by atoms with van der Waals surface area (Å²) in [5.74, 6) is 0.145. The van der Waals surface area contributed by atoms with Gasteiger partial charge in [0.2, 0.25) is 0 Å². The molecular formula is C21H35O2S. The van der Waals surface area contributed by atoms with Crippen molar-refractivity contribution in [1.82, 2.24) is 0 Å². The predicted octanol–water partition coefficient (Wildman–Crippen LogP) is 5.93. The van der Waals surface area contributed by atoms with Crippen LogP contribution in [0.2, 0.25) is 0 Å². The van der Waals surface area contributed by atoms with Crippen LogP contribution in [0.4, 0.5) is 0 Å². The van der Waals surface area contributed by atoms with Crippen LogP contribution in [0.1, 0.15) is 82.8 Å². The van der Waals surface area contributed by atoms with Gasteiger partial charge in [0.15, 0.2) is 9.84 Å². The molecular weight excluding hydrogens is 316 g/mol. The molecule has 0 heterocycles. The molecule has 0 atom stereocenters. The minimum absolute atomic E-state index is 0.145. The van der Waals surface area contributed by atoms with Gasteiger partial charge in [0.05, 0.1) is 10.6 Å². The molecule has 0 aromatic heterocycles. The number of aryl methyl sites for hydroxylation is 2. The largest absolute Gasteiger partial charge is 0.224 e. The van der Waals surface area contributed by atoms with Gasteiger partial charge in [0.25, 0.3) is 0 Å². The quantitative estimate of drug-likeness (QED) is 0.413. The van der Waals surface area contributed by atoms with Crippen molar-refractivity contribution in [1.29, 1.82) is 0 Å². The lowest BCUT2D eigenvalue weighted by Gasteiger charge is -2.12. The van der Waals surface area contributed by atoms with Gasteiger partial charge >= 0.3 is 0 Å². The Labute approximate surface area is 150 Å². The van der Waals surface area contributed by atoms with Crippen LogP contribution in [0.5, 0.6) is 0 Å². The van der Waals surface area contributed by atoms with Crippen molar-refractivity contribution in [2.75, 3.05) is 5.75 Å². The molecule has 0 N–H and O–H groups in total. The van der Waals surface area contributed by atoms with Crippen molar-refractivity contribution < 1.29 is 8.42 Å². The molecule has 1 aromatic rings. The van der Waals surface area contributed by atoms with Crippen molar-refractivity contribution in [3.05, 3.63) is 36.2 Å². The number of hydrogen-bond acceptors (Lipinski definition) is 2. The first kappa shape index (κ1) is 21.2. The zero-order valence-corrected chi connectivity index (χ0v) is 16.5. The van der Waals surface area contributed by atoms with E-state index in [-0.39, 0.29) is 5.75 Å². The maximum atomic E-state index is 12.6. The molecule has 0 aliphatic heterocycles. The highest BCUT2D eigenvalue weighted by atomic mass is 32.2. The van der Waals surface area contributed by atoms with Gasteiger partial charge in [0, 0.05) is 0 Å². The van der Waals surface area contributed by atoms with Crippen LogP contribution >= 0.6 is 0 Å². The lowest BCUT2D eigenvalue weighted by molar-refractivity contribution is 0.593. The average molecular weight is 352 g/mol. The predicted molar refractivity (Wildman–Crippen MR) is 104 cm³/mol. The van der Waals surface area contributed by atoms with Crippen molar-refractivity contribution >= 4 is 9.84 Å². The summed E-state index contributed by atoms with van der Waals surface area (Å²) in [5, 5.41) is 0. The van der Waals surface area contributed by atoms with E-state index < -0.39 is 9.84 Å². The second-order valence-electron chi connectivity index (χ2n) is 6.74. The van der Waals surface area contributed by atoms with Crippen molar-refractivity contribution in [3.63, 3.8) is 0 Å². The van der Waals surface area contributed by atoms with Crippen molar-refractivity contribution in [2.24, 2.45) is 0 Å². The summed E-state index contributed by atoms with van der Waals surface area (Å²) in [6, 6.07) is 6.10. The van der Waals surface area contributed by atoms with E-state index in [2.05, 4.69) is 26.8 Å². The summed E-state index contributed by atoms with van der Waals surface area (Å²) >= 11 is 0. The summed E-state index contributed by atoms with van der Waals surface area (Å²) in [4.78, 5) is 0.558. The normalized spacial score (nSPS) is 11.8. The monoisotopic (exact) mass is 351 g/mol. The van der Waals surface area contributed by atoms with E-state index in [9.17, 15) is 8.42 Å². The molecule has 1 radical (unpaired) electrons. The molecule has 137 valence electrons. The molecule has 0 saturated carbocycles. The van der Waals surface area contributed by atoms with Gasteiger partial charge in [-0.05, 0) is 49.3 Å². The third-order valence-electron chi connectivity index (χ3n) is 4.50. The van der Waals surface area contributed by atoms with Crippen LogP contribution < -0.4 is 0 Å². The Hall–Kier alpha value is -0.830. The average Bonchev–Trinajstić information content (AvgIpc) is 2.56. The van der Waals surface area contributed by atoms with Gasteiger partial charge in [-0.1, -0.05) is 71.4 Å². The molecule has 0 aliphatic carbocycles. The standard InChI is InChI=1S/C21H35O2S/c1-4-7-9-10-11-12-13-19-15-16-20(14-8-5-2)21(18-19)24(22,23)17-6-3/h15-16,18H,3-14,17H2,1-2H3. The molecule has 0 spiro atoms. The van der Waals surface area contributed by atoms with Gasteiger partial charge in [-0.25, -0.2) is 8.42 Å². The second kappa shape index (κ2) is 11.7. The zero-order valence-electron chi connectivity index (χ0n) is 15.6. The highest BCUT2D eigenvalue weighted by molar-refractivity contribution is 7.91. The highest BCUT2D eigenvalue weighted by Gasteiger charge is 2.18. The molecule has 3 heteroatoms. The lowest BCUT2D eigenvalue weighted by atomic mass is 10.0. The molecule has 0 bridgehead atoms. The first-order chi connectivity index (χ1) is 11.5. The fraction of sp³-hybridized carbons (Fsp3) is 0.667. The van der Waals surface area contributed by atoms with E-state index in [1.165, 1.54) is 32.1 Å². The summed E-state index contributed by atoms with van der Waals surface area (Å²) < 4.78 is 25.2. The number of hydrogen-bond donors (Lipinski definition) is 0. The molecule has 0 unspecified atom stereocenters. The minimum atomic E-state index is -3.20. The number of unbranched alkanes of at least 4 members (excludes halogenated alkanes) is 6. The Morgan fingerprint density at radius 3 is 2.21 bits per heavy atom. The molecule has 24 heavy (non-hydrogen) atoms. The third kappa shape index (κ3) is 7.38. The van der Waals surface area contributed by atoms with Crippen LogP contribution in [0.3, 0.4) is 0 Å². The van der Waals surface area contributed by atoms with E-state index >= 15 is 0 Å².